The maximum absolute atomic E-state index is 13.7. The van der Waals surface area contributed by atoms with Crippen LogP contribution >= 0.6 is 0 Å². The van der Waals surface area contributed by atoms with Crippen LogP contribution in [0.25, 0.3) is 0 Å². The van der Waals surface area contributed by atoms with Gasteiger partial charge in [-0.3, -0.25) is 0 Å². The van der Waals surface area contributed by atoms with E-state index < -0.39 is 11.6 Å². The largest absolute Gasteiger partial charge is 0.379 e. The highest BCUT2D eigenvalue weighted by Gasteiger charge is 2.15. The molecule has 2 aromatic rings. The molecule has 1 heterocycles. The zero-order valence-corrected chi connectivity index (χ0v) is 11.8. The molecule has 0 bridgehead atoms. The Bertz CT molecular complexity index is 622. The van der Waals surface area contributed by atoms with Crippen molar-refractivity contribution in [2.45, 2.75) is 19.4 Å². The van der Waals surface area contributed by atoms with Gasteiger partial charge < -0.3 is 10.2 Å². The quantitative estimate of drug-likeness (QED) is 0.908. The first kappa shape index (κ1) is 13.9. The lowest BCUT2D eigenvalue weighted by Crippen LogP contribution is -2.19. The third-order valence-corrected chi connectivity index (χ3v) is 3.84. The average molecular weight is 288 g/mol. The van der Waals surface area contributed by atoms with Crippen LogP contribution in [0.2, 0.25) is 0 Å². The van der Waals surface area contributed by atoms with Crippen molar-refractivity contribution < 1.29 is 8.78 Å². The molecule has 1 fully saturated rings. The van der Waals surface area contributed by atoms with Crippen molar-refractivity contribution in [1.29, 1.82) is 0 Å². The summed E-state index contributed by atoms with van der Waals surface area (Å²) in [5, 5.41) is 3.26. The van der Waals surface area contributed by atoms with E-state index in [0.717, 1.165) is 30.5 Å². The van der Waals surface area contributed by atoms with Gasteiger partial charge in [0.15, 0.2) is 0 Å². The highest BCUT2D eigenvalue weighted by Crippen LogP contribution is 2.29. The molecule has 1 N–H and O–H groups in total. The fourth-order valence-electron chi connectivity index (χ4n) is 2.71. The predicted octanol–water partition coefficient (Wildman–Crippen LogP) is 4.18. The second-order valence-corrected chi connectivity index (χ2v) is 5.30. The number of nitrogens with one attached hydrogen (secondary N) is 1. The van der Waals surface area contributed by atoms with Gasteiger partial charge in [-0.25, -0.2) is 8.78 Å². The maximum atomic E-state index is 13.7. The highest BCUT2D eigenvalue weighted by atomic mass is 19.1. The molecule has 0 saturated carbocycles. The van der Waals surface area contributed by atoms with Gasteiger partial charge in [0, 0.05) is 31.3 Å². The van der Waals surface area contributed by atoms with Crippen LogP contribution in [0.1, 0.15) is 18.4 Å². The lowest BCUT2D eigenvalue weighted by molar-refractivity contribution is 0.574. The number of rotatable bonds is 4. The summed E-state index contributed by atoms with van der Waals surface area (Å²) in [6.45, 7) is 2.46. The summed E-state index contributed by atoms with van der Waals surface area (Å²) >= 11 is 0. The van der Waals surface area contributed by atoms with Crippen LogP contribution in [0.4, 0.5) is 20.2 Å². The van der Waals surface area contributed by atoms with Gasteiger partial charge in [0.1, 0.15) is 11.6 Å². The molecule has 1 aliphatic rings. The van der Waals surface area contributed by atoms with Gasteiger partial charge in [-0.05, 0) is 31.0 Å². The lowest BCUT2D eigenvalue weighted by Gasteiger charge is -2.22. The van der Waals surface area contributed by atoms with Crippen molar-refractivity contribution in [3.63, 3.8) is 0 Å². The lowest BCUT2D eigenvalue weighted by atomic mass is 10.2. The van der Waals surface area contributed by atoms with Gasteiger partial charge in [0.05, 0.1) is 11.4 Å². The Balaban J connectivity index is 1.75. The highest BCUT2D eigenvalue weighted by molar-refractivity contribution is 5.70. The molecule has 4 heteroatoms. The van der Waals surface area contributed by atoms with Crippen molar-refractivity contribution in [2.75, 3.05) is 23.3 Å². The van der Waals surface area contributed by atoms with Gasteiger partial charge >= 0.3 is 0 Å². The van der Waals surface area contributed by atoms with E-state index in [1.165, 1.54) is 25.0 Å². The first-order chi connectivity index (χ1) is 10.2. The van der Waals surface area contributed by atoms with Crippen LogP contribution in [0.15, 0.2) is 42.5 Å². The minimum atomic E-state index is -0.547. The molecule has 1 saturated heterocycles. The molecule has 2 nitrogen and oxygen atoms in total. The fourth-order valence-corrected chi connectivity index (χ4v) is 2.71. The second-order valence-electron chi connectivity index (χ2n) is 5.30. The monoisotopic (exact) mass is 288 g/mol. The number of hydrogen-bond acceptors (Lipinski definition) is 2. The number of anilines is 2. The van der Waals surface area contributed by atoms with Gasteiger partial charge in [0.25, 0.3) is 0 Å². The summed E-state index contributed by atoms with van der Waals surface area (Å²) in [4.78, 5) is 2.34. The van der Waals surface area contributed by atoms with E-state index in [1.807, 2.05) is 18.2 Å². The van der Waals surface area contributed by atoms with Crippen molar-refractivity contribution in [2.24, 2.45) is 0 Å². The van der Waals surface area contributed by atoms with E-state index in [4.69, 9.17) is 0 Å². The van der Waals surface area contributed by atoms with E-state index >= 15 is 0 Å². The predicted molar refractivity (Wildman–Crippen MR) is 81.6 cm³/mol. The number of para-hydroxylation sites is 2. The number of benzene rings is 2. The van der Waals surface area contributed by atoms with Crippen LogP contribution in [-0.2, 0) is 6.54 Å². The molecular weight excluding hydrogens is 270 g/mol. The molecule has 0 amide bonds. The maximum Gasteiger partial charge on any atom is 0.131 e. The first-order valence-corrected chi connectivity index (χ1v) is 7.26. The molecule has 0 spiro atoms. The molecule has 21 heavy (non-hydrogen) atoms. The summed E-state index contributed by atoms with van der Waals surface area (Å²) < 4.78 is 26.6. The Morgan fingerprint density at radius 2 is 1.76 bits per heavy atom. The van der Waals surface area contributed by atoms with Crippen LogP contribution < -0.4 is 10.2 Å². The van der Waals surface area contributed by atoms with E-state index in [-0.39, 0.29) is 0 Å². The van der Waals surface area contributed by atoms with Crippen LogP contribution in [0.5, 0.6) is 0 Å². The van der Waals surface area contributed by atoms with Crippen molar-refractivity contribution in [1.82, 2.24) is 0 Å². The zero-order valence-electron chi connectivity index (χ0n) is 11.8. The zero-order chi connectivity index (χ0) is 14.7. The van der Waals surface area contributed by atoms with Gasteiger partial charge in [-0.15, -0.1) is 0 Å². The molecule has 1 aliphatic heterocycles. The van der Waals surface area contributed by atoms with E-state index in [1.54, 1.807) is 0 Å². The van der Waals surface area contributed by atoms with Crippen LogP contribution in [-0.4, -0.2) is 13.1 Å². The Kier molecular flexibility index (Phi) is 4.04. The number of hydrogen-bond donors (Lipinski definition) is 1. The molecule has 3 rings (SSSR count). The standard InChI is InChI=1S/C17H18F2N2/c18-14-8-7-13(15(19)11-14)12-20-16-5-1-2-6-17(16)21-9-3-4-10-21/h1-2,5-8,11,20H,3-4,9-10,12H2. The van der Waals surface area contributed by atoms with E-state index in [0.29, 0.717) is 12.1 Å². The molecule has 0 aromatic heterocycles. The first-order valence-electron chi connectivity index (χ1n) is 7.26. The summed E-state index contributed by atoms with van der Waals surface area (Å²) in [6, 6.07) is 11.7. The molecular formula is C17H18F2N2. The molecule has 0 atom stereocenters. The molecule has 0 aliphatic carbocycles. The van der Waals surface area contributed by atoms with Crippen LogP contribution in [0.3, 0.4) is 0 Å². The summed E-state index contributed by atoms with van der Waals surface area (Å²) in [6.07, 6.45) is 2.42. The Hall–Kier alpha value is -2.10. The number of halogens is 2. The van der Waals surface area contributed by atoms with Gasteiger partial charge in [-0.2, -0.15) is 0 Å². The van der Waals surface area contributed by atoms with Crippen molar-refractivity contribution in [3.8, 4) is 0 Å². The number of nitrogens with zero attached hydrogens (tertiary/aromatic N) is 1. The topological polar surface area (TPSA) is 15.3 Å². The summed E-state index contributed by atoms with van der Waals surface area (Å²) in [5.41, 5.74) is 2.60. The van der Waals surface area contributed by atoms with E-state index in [2.05, 4.69) is 16.3 Å². The Morgan fingerprint density at radius 1 is 1.00 bits per heavy atom. The molecule has 110 valence electrons. The van der Waals surface area contributed by atoms with Crippen molar-refractivity contribution in [3.05, 3.63) is 59.7 Å². The third-order valence-electron chi connectivity index (χ3n) is 3.84. The molecule has 0 radical (unpaired) electrons. The summed E-state index contributed by atoms with van der Waals surface area (Å²) in [5.74, 6) is -1.06. The third kappa shape index (κ3) is 3.15. The molecule has 0 unspecified atom stereocenters. The average Bonchev–Trinajstić information content (AvgIpc) is 3.01. The normalized spacial score (nSPS) is 14.5. The molecule has 2 aromatic carbocycles. The SMILES string of the molecule is Fc1ccc(CNc2ccccc2N2CCCC2)c(F)c1. The van der Waals surface area contributed by atoms with Gasteiger partial charge in [0.2, 0.25) is 0 Å². The van der Waals surface area contributed by atoms with Crippen LogP contribution in [0, 0.1) is 11.6 Å². The van der Waals surface area contributed by atoms with E-state index in [9.17, 15) is 8.78 Å². The smallest absolute Gasteiger partial charge is 0.131 e. The summed E-state index contributed by atoms with van der Waals surface area (Å²) in [7, 11) is 0. The fraction of sp³-hybridized carbons (Fsp3) is 0.294. The van der Waals surface area contributed by atoms with Gasteiger partial charge in [-0.1, -0.05) is 18.2 Å². The minimum Gasteiger partial charge on any atom is -0.379 e. The van der Waals surface area contributed by atoms with Crippen molar-refractivity contribution >= 4 is 11.4 Å². The second kappa shape index (κ2) is 6.12. The Morgan fingerprint density at radius 3 is 2.52 bits per heavy atom. The minimum absolute atomic E-state index is 0.344. The Labute approximate surface area is 123 Å².